The average Bonchev–Trinajstić information content (AvgIpc) is 3.33. The summed E-state index contributed by atoms with van der Waals surface area (Å²) in [5.74, 6) is 1.34. The molecule has 0 bridgehead atoms. The summed E-state index contributed by atoms with van der Waals surface area (Å²) in [5, 5.41) is 4.37. The highest BCUT2D eigenvalue weighted by molar-refractivity contribution is 5.95. The van der Waals surface area contributed by atoms with E-state index < -0.39 is 0 Å². The Morgan fingerprint density at radius 3 is 2.46 bits per heavy atom. The first-order chi connectivity index (χ1) is 20.0. The fraction of sp³-hybridized carbons (Fsp3) is 0.267. The van der Waals surface area contributed by atoms with Crippen molar-refractivity contribution in [2.24, 2.45) is 5.92 Å². The lowest BCUT2D eigenvalue weighted by molar-refractivity contribution is 0.173. The van der Waals surface area contributed by atoms with E-state index in [4.69, 9.17) is 4.98 Å². The molecule has 1 saturated heterocycles. The first kappa shape index (κ1) is 25.1. The summed E-state index contributed by atoms with van der Waals surface area (Å²) in [5.41, 5.74) is 3.33. The minimum absolute atomic E-state index is 0.295. The number of nitrogens with zero attached hydrogens (tertiary/aromatic N) is 9. The molecule has 11 heteroatoms. The van der Waals surface area contributed by atoms with Crippen LogP contribution in [0.2, 0.25) is 0 Å². The molecule has 1 unspecified atom stereocenters. The summed E-state index contributed by atoms with van der Waals surface area (Å²) in [6, 6.07) is 18.2. The van der Waals surface area contributed by atoms with Crippen LogP contribution < -0.4 is 15.8 Å². The fourth-order valence-corrected chi connectivity index (χ4v) is 5.68. The van der Waals surface area contributed by atoms with Crippen molar-refractivity contribution in [2.45, 2.75) is 19.9 Å². The number of piperazine rings is 1. The predicted molar refractivity (Wildman–Crippen MR) is 160 cm³/mol. The first-order valence-corrected chi connectivity index (χ1v) is 13.8. The van der Waals surface area contributed by atoms with Gasteiger partial charge in [0, 0.05) is 61.0 Å². The van der Waals surface area contributed by atoms with Crippen molar-refractivity contribution in [1.29, 1.82) is 0 Å². The summed E-state index contributed by atoms with van der Waals surface area (Å²) in [7, 11) is 2.21. The van der Waals surface area contributed by atoms with Crippen molar-refractivity contribution in [1.82, 2.24) is 39.0 Å². The van der Waals surface area contributed by atoms with Crippen LogP contribution in [-0.2, 0) is 0 Å². The minimum atomic E-state index is -0.295. The van der Waals surface area contributed by atoms with Gasteiger partial charge in [0.1, 0.15) is 5.39 Å². The van der Waals surface area contributed by atoms with Crippen LogP contribution in [-0.4, -0.2) is 71.7 Å². The molecule has 0 radical (unpaired) electrons. The molecule has 5 heterocycles. The zero-order valence-corrected chi connectivity index (χ0v) is 23.1. The third-order valence-electron chi connectivity index (χ3n) is 7.87. The maximum atomic E-state index is 13.7. The fourth-order valence-electron chi connectivity index (χ4n) is 5.68. The first-order valence-electron chi connectivity index (χ1n) is 13.8. The van der Waals surface area contributed by atoms with Gasteiger partial charge in [-0.25, -0.2) is 24.6 Å². The molecule has 41 heavy (non-hydrogen) atoms. The van der Waals surface area contributed by atoms with Crippen LogP contribution in [0.1, 0.15) is 13.8 Å². The van der Waals surface area contributed by atoms with Crippen molar-refractivity contribution < 1.29 is 0 Å². The standard InChI is InChI=1S/C30H30N10O/c1-19(2)25-18-38(16-15-37(25)3)21-11-9-20(10-12-21)34-29-33-17-23-26(36-29)35-27-22-7-4-5-8-24(22)39(40(27)28(23)41)30-31-13-6-14-32-30/h4-14,17,19,25H,15-16,18H2,1-3H3,(H,33,34,36). The van der Waals surface area contributed by atoms with Crippen molar-refractivity contribution in [3.63, 3.8) is 0 Å². The van der Waals surface area contributed by atoms with Crippen molar-refractivity contribution in [3.8, 4) is 5.95 Å². The van der Waals surface area contributed by atoms with Gasteiger partial charge >= 0.3 is 0 Å². The van der Waals surface area contributed by atoms with Crippen molar-refractivity contribution in [2.75, 3.05) is 36.9 Å². The van der Waals surface area contributed by atoms with E-state index >= 15 is 0 Å². The molecule has 0 spiro atoms. The maximum absolute atomic E-state index is 13.7. The van der Waals surface area contributed by atoms with Crippen molar-refractivity contribution in [3.05, 3.63) is 83.5 Å². The Balaban J connectivity index is 1.22. The predicted octanol–water partition coefficient (Wildman–Crippen LogP) is 3.89. The number of fused-ring (bicyclic) bond motifs is 4. The number of benzene rings is 2. The zero-order valence-electron chi connectivity index (χ0n) is 23.1. The summed E-state index contributed by atoms with van der Waals surface area (Å²) < 4.78 is 3.16. The lowest BCUT2D eigenvalue weighted by Crippen LogP contribution is -2.53. The number of para-hydroxylation sites is 1. The quantitative estimate of drug-likeness (QED) is 0.344. The second-order valence-electron chi connectivity index (χ2n) is 10.8. The lowest BCUT2D eigenvalue weighted by atomic mass is 10.00. The molecule has 0 aliphatic carbocycles. The Kier molecular flexibility index (Phi) is 6.08. The summed E-state index contributed by atoms with van der Waals surface area (Å²) in [6.45, 7) is 7.63. The number of hydrogen-bond acceptors (Lipinski definition) is 9. The van der Waals surface area contributed by atoms with Crippen LogP contribution in [0.3, 0.4) is 0 Å². The summed E-state index contributed by atoms with van der Waals surface area (Å²) in [6.07, 6.45) is 4.80. The number of likely N-dealkylation sites (N-methyl/N-ethyl adjacent to an activating group) is 1. The third kappa shape index (κ3) is 4.34. The molecule has 7 rings (SSSR count). The van der Waals surface area contributed by atoms with Gasteiger partial charge in [0.15, 0.2) is 11.3 Å². The van der Waals surface area contributed by atoms with Gasteiger partial charge in [-0.2, -0.15) is 9.50 Å². The SMILES string of the molecule is CC(C)C1CN(c2ccc(Nc3ncc4c(=O)n5c(nc4n3)c3ccccc3n5-c3ncccn3)cc2)CCN1C. The highest BCUT2D eigenvalue weighted by Crippen LogP contribution is 2.26. The van der Waals surface area contributed by atoms with E-state index in [1.807, 2.05) is 36.4 Å². The summed E-state index contributed by atoms with van der Waals surface area (Å²) in [4.78, 5) is 41.2. The Hall–Kier alpha value is -4.90. The number of rotatable bonds is 5. The highest BCUT2D eigenvalue weighted by atomic mass is 16.1. The smallest absolute Gasteiger partial charge is 0.284 e. The van der Waals surface area contributed by atoms with Crippen LogP contribution in [0.4, 0.5) is 17.3 Å². The molecule has 0 saturated carbocycles. The number of nitrogens with one attached hydrogen (secondary N) is 1. The lowest BCUT2D eigenvalue weighted by Gasteiger charge is -2.42. The van der Waals surface area contributed by atoms with E-state index in [1.165, 1.54) is 16.4 Å². The molecular weight excluding hydrogens is 516 g/mol. The molecule has 1 fully saturated rings. The monoisotopic (exact) mass is 546 g/mol. The van der Waals surface area contributed by atoms with Gasteiger partial charge in [0.05, 0.1) is 5.52 Å². The van der Waals surface area contributed by atoms with E-state index in [1.54, 1.807) is 23.1 Å². The van der Waals surface area contributed by atoms with Gasteiger partial charge in [-0.05, 0) is 55.4 Å². The Bertz CT molecular complexity index is 1930. The highest BCUT2D eigenvalue weighted by Gasteiger charge is 2.26. The maximum Gasteiger partial charge on any atom is 0.284 e. The van der Waals surface area contributed by atoms with Gasteiger partial charge in [0.25, 0.3) is 5.56 Å². The largest absolute Gasteiger partial charge is 0.369 e. The Morgan fingerprint density at radius 1 is 0.902 bits per heavy atom. The van der Waals surface area contributed by atoms with Crippen LogP contribution in [0, 0.1) is 5.92 Å². The molecule has 1 atom stereocenters. The third-order valence-corrected chi connectivity index (χ3v) is 7.87. The molecule has 2 aromatic carbocycles. The van der Waals surface area contributed by atoms with E-state index in [-0.39, 0.29) is 5.56 Å². The van der Waals surface area contributed by atoms with Crippen LogP contribution in [0.25, 0.3) is 33.5 Å². The van der Waals surface area contributed by atoms with Gasteiger partial charge in [0.2, 0.25) is 11.9 Å². The van der Waals surface area contributed by atoms with E-state index in [0.29, 0.717) is 40.5 Å². The van der Waals surface area contributed by atoms with Gasteiger partial charge in [-0.1, -0.05) is 26.0 Å². The van der Waals surface area contributed by atoms with E-state index in [0.717, 1.165) is 36.2 Å². The summed E-state index contributed by atoms with van der Waals surface area (Å²) >= 11 is 0. The van der Waals surface area contributed by atoms with Crippen molar-refractivity contribution >= 4 is 44.9 Å². The molecule has 206 valence electrons. The van der Waals surface area contributed by atoms with Gasteiger partial charge in [-0.15, -0.1) is 0 Å². The number of hydrogen-bond donors (Lipinski definition) is 1. The van der Waals surface area contributed by atoms with E-state index in [2.05, 4.69) is 68.1 Å². The zero-order chi connectivity index (χ0) is 28.1. The molecule has 11 nitrogen and oxygen atoms in total. The van der Waals surface area contributed by atoms with Crippen LogP contribution in [0.5, 0.6) is 0 Å². The molecular formula is C30H30N10O. The minimum Gasteiger partial charge on any atom is -0.369 e. The molecule has 1 N–H and O–H groups in total. The Morgan fingerprint density at radius 2 is 1.68 bits per heavy atom. The topological polar surface area (TPSA) is 109 Å². The second-order valence-corrected chi connectivity index (χ2v) is 10.8. The van der Waals surface area contributed by atoms with Crippen LogP contribution >= 0.6 is 0 Å². The molecule has 1 aliphatic heterocycles. The second kappa shape index (κ2) is 9.93. The Labute approximate surface area is 236 Å². The van der Waals surface area contributed by atoms with Gasteiger partial charge < -0.3 is 10.2 Å². The average molecular weight is 547 g/mol. The van der Waals surface area contributed by atoms with E-state index in [9.17, 15) is 4.79 Å². The molecule has 1 aliphatic rings. The van der Waals surface area contributed by atoms with Gasteiger partial charge in [-0.3, -0.25) is 9.69 Å². The van der Waals surface area contributed by atoms with Crippen LogP contribution in [0.15, 0.2) is 78.0 Å². The number of aromatic nitrogens is 7. The molecule has 4 aromatic heterocycles. The molecule has 6 aromatic rings. The number of anilines is 3. The molecule has 0 amide bonds. The normalized spacial score (nSPS) is 16.3.